The highest BCUT2D eigenvalue weighted by molar-refractivity contribution is 9.10. The third-order valence-electron chi connectivity index (χ3n) is 3.82. The zero-order chi connectivity index (χ0) is 18.2. The van der Waals surface area contributed by atoms with Gasteiger partial charge in [0.2, 0.25) is 0 Å². The van der Waals surface area contributed by atoms with Crippen LogP contribution in [0.4, 0.5) is 9.18 Å². The fourth-order valence-electron chi connectivity index (χ4n) is 2.73. The smallest absolute Gasteiger partial charge is 0.410 e. The fraction of sp³-hybridized carbons (Fsp3) is 0.444. The molecule has 3 rings (SSSR count). The molecular formula is C18H20BrFN2O2S. The molecule has 4 nitrogen and oxygen atoms in total. The number of hydrogen-bond donors (Lipinski definition) is 0. The molecule has 0 spiro atoms. The number of ether oxygens (including phenoxy) is 1. The summed E-state index contributed by atoms with van der Waals surface area (Å²) in [6.45, 7) is 5.46. The van der Waals surface area contributed by atoms with Crippen molar-refractivity contribution in [2.45, 2.75) is 45.0 Å². The van der Waals surface area contributed by atoms with E-state index in [2.05, 4.69) is 20.9 Å². The number of hydrogen-bond acceptors (Lipinski definition) is 4. The summed E-state index contributed by atoms with van der Waals surface area (Å²) >= 11 is 4.91. The van der Waals surface area contributed by atoms with E-state index in [1.54, 1.807) is 27.0 Å². The van der Waals surface area contributed by atoms with Gasteiger partial charge in [-0.1, -0.05) is 28.1 Å². The van der Waals surface area contributed by atoms with Crippen molar-refractivity contribution in [2.75, 3.05) is 6.54 Å². The Bertz CT molecular complexity index is 757. The Balaban J connectivity index is 1.82. The molecule has 0 bridgehead atoms. The summed E-state index contributed by atoms with van der Waals surface area (Å²) in [6.07, 6.45) is 0.491. The molecule has 0 unspecified atom stereocenters. The number of benzene rings is 1. The molecule has 2 aromatic rings. The Kier molecular flexibility index (Phi) is 5.16. The molecule has 0 aliphatic carbocycles. The zero-order valence-electron chi connectivity index (χ0n) is 14.3. The molecule has 0 radical (unpaired) electrons. The number of carbonyl (C=O) groups is 1. The lowest BCUT2D eigenvalue weighted by Gasteiger charge is -2.27. The van der Waals surface area contributed by atoms with E-state index >= 15 is 0 Å². The molecule has 0 saturated carbocycles. The Hall–Kier alpha value is -1.47. The molecule has 1 aromatic heterocycles. The van der Waals surface area contributed by atoms with Gasteiger partial charge in [0.05, 0.1) is 17.5 Å². The third-order valence-corrected chi connectivity index (χ3v) is 5.49. The molecule has 1 fully saturated rings. The summed E-state index contributed by atoms with van der Waals surface area (Å²) in [4.78, 5) is 19.3. The van der Waals surface area contributed by atoms with Crippen LogP contribution in [0.5, 0.6) is 0 Å². The topological polar surface area (TPSA) is 42.4 Å². The lowest BCUT2D eigenvalue weighted by atomic mass is 10.2. The molecular weight excluding hydrogens is 407 g/mol. The van der Waals surface area contributed by atoms with E-state index in [9.17, 15) is 9.18 Å². The minimum atomic E-state index is -1.06. The minimum Gasteiger partial charge on any atom is -0.444 e. The molecule has 25 heavy (non-hydrogen) atoms. The van der Waals surface area contributed by atoms with Crippen LogP contribution in [0.1, 0.15) is 38.2 Å². The monoisotopic (exact) mass is 426 g/mol. The van der Waals surface area contributed by atoms with E-state index in [1.165, 1.54) is 16.2 Å². The highest BCUT2D eigenvalue weighted by Gasteiger charge is 2.40. The van der Waals surface area contributed by atoms with Gasteiger partial charge >= 0.3 is 6.09 Å². The molecule has 1 aromatic carbocycles. The molecule has 1 saturated heterocycles. The van der Waals surface area contributed by atoms with Gasteiger partial charge in [0.15, 0.2) is 0 Å². The maximum Gasteiger partial charge on any atom is 0.410 e. The van der Waals surface area contributed by atoms with Crippen LogP contribution in [0.2, 0.25) is 0 Å². The van der Waals surface area contributed by atoms with Crippen molar-refractivity contribution in [3.05, 3.63) is 39.9 Å². The van der Waals surface area contributed by atoms with Crippen LogP contribution in [-0.2, 0) is 4.74 Å². The van der Waals surface area contributed by atoms with Gasteiger partial charge in [-0.05, 0) is 38.5 Å². The number of carbonyl (C=O) groups excluding carboxylic acids is 1. The minimum absolute atomic E-state index is 0.0484. The van der Waals surface area contributed by atoms with Crippen LogP contribution in [0.15, 0.2) is 34.9 Å². The van der Waals surface area contributed by atoms with Crippen LogP contribution < -0.4 is 0 Å². The van der Waals surface area contributed by atoms with Crippen molar-refractivity contribution in [3.63, 3.8) is 0 Å². The number of nitrogens with zero attached hydrogens (tertiary/aromatic N) is 2. The molecule has 1 aliphatic rings. The standard InChI is InChI=1S/C18H20BrFN2O2S/c1-18(2,3)24-17(23)22-10-13(20)8-14(22)16-21-9-15(25-16)11-4-6-12(19)7-5-11/h4-7,9,13-14H,8,10H2,1-3H3/t13-,14-/m0/s1. The number of likely N-dealkylation sites (tertiary alicyclic amines) is 1. The number of aromatic nitrogens is 1. The average Bonchev–Trinajstić information content (AvgIpc) is 3.12. The number of thiazole rings is 1. The zero-order valence-corrected chi connectivity index (χ0v) is 16.7. The SMILES string of the molecule is CC(C)(C)OC(=O)N1C[C@@H](F)C[C@H]1c1ncc(-c2ccc(Br)cc2)s1. The summed E-state index contributed by atoms with van der Waals surface area (Å²) in [5, 5.41) is 0.740. The maximum atomic E-state index is 14.0. The normalized spacial score (nSPS) is 20.8. The highest BCUT2D eigenvalue weighted by atomic mass is 79.9. The van der Waals surface area contributed by atoms with E-state index in [1.807, 2.05) is 24.3 Å². The van der Waals surface area contributed by atoms with Crippen LogP contribution in [0.3, 0.4) is 0 Å². The van der Waals surface area contributed by atoms with Crippen LogP contribution in [0, 0.1) is 0 Å². The van der Waals surface area contributed by atoms with Gasteiger partial charge in [-0.3, -0.25) is 4.90 Å². The molecule has 1 aliphatic heterocycles. The van der Waals surface area contributed by atoms with Gasteiger partial charge in [-0.25, -0.2) is 14.2 Å². The highest BCUT2D eigenvalue weighted by Crippen LogP contribution is 2.39. The van der Waals surface area contributed by atoms with E-state index in [4.69, 9.17) is 4.74 Å². The first-order valence-electron chi connectivity index (χ1n) is 8.08. The molecule has 7 heteroatoms. The largest absolute Gasteiger partial charge is 0.444 e. The van der Waals surface area contributed by atoms with Crippen molar-refractivity contribution in [3.8, 4) is 10.4 Å². The second-order valence-electron chi connectivity index (χ2n) is 7.05. The number of halogens is 2. The number of rotatable bonds is 2. The molecule has 134 valence electrons. The maximum absolute atomic E-state index is 14.0. The second-order valence-corrected chi connectivity index (χ2v) is 9.03. The van der Waals surface area contributed by atoms with E-state index in [0.717, 1.165) is 19.9 Å². The van der Waals surface area contributed by atoms with Gasteiger partial charge in [0.25, 0.3) is 0 Å². The van der Waals surface area contributed by atoms with Crippen molar-refractivity contribution >= 4 is 33.4 Å². The summed E-state index contributed by atoms with van der Waals surface area (Å²) in [7, 11) is 0. The lowest BCUT2D eigenvalue weighted by Crippen LogP contribution is -2.36. The van der Waals surface area contributed by atoms with Crippen molar-refractivity contribution < 1.29 is 13.9 Å². The first kappa shape index (κ1) is 18.3. The average molecular weight is 427 g/mol. The Morgan fingerprint density at radius 2 is 2.04 bits per heavy atom. The third kappa shape index (κ3) is 4.39. The number of amides is 1. The molecule has 2 heterocycles. The Labute approximate surface area is 159 Å². The molecule has 0 N–H and O–H groups in total. The summed E-state index contributed by atoms with van der Waals surface area (Å²) in [5.74, 6) is 0. The van der Waals surface area contributed by atoms with E-state index in [0.29, 0.717) is 0 Å². The van der Waals surface area contributed by atoms with E-state index < -0.39 is 17.9 Å². The predicted octanol–water partition coefficient (Wildman–Crippen LogP) is 5.59. The van der Waals surface area contributed by atoms with Crippen molar-refractivity contribution in [1.29, 1.82) is 0 Å². The number of alkyl halides is 1. The van der Waals surface area contributed by atoms with Gasteiger partial charge in [-0.15, -0.1) is 11.3 Å². The van der Waals surface area contributed by atoms with Gasteiger partial charge in [0.1, 0.15) is 16.8 Å². The van der Waals surface area contributed by atoms with Crippen molar-refractivity contribution in [2.24, 2.45) is 0 Å². The van der Waals surface area contributed by atoms with Gasteiger partial charge < -0.3 is 4.74 Å². The molecule has 1 amide bonds. The molecule has 2 atom stereocenters. The quantitative estimate of drug-likeness (QED) is 0.627. The van der Waals surface area contributed by atoms with Crippen LogP contribution >= 0.6 is 27.3 Å². The summed E-state index contributed by atoms with van der Waals surface area (Å²) < 4.78 is 20.4. The van der Waals surface area contributed by atoms with E-state index in [-0.39, 0.29) is 19.0 Å². The van der Waals surface area contributed by atoms with Crippen molar-refractivity contribution in [1.82, 2.24) is 9.88 Å². The lowest BCUT2D eigenvalue weighted by molar-refractivity contribution is 0.0216. The van der Waals surface area contributed by atoms with Crippen LogP contribution in [0.25, 0.3) is 10.4 Å². The Morgan fingerprint density at radius 3 is 2.68 bits per heavy atom. The fourth-order valence-corrected chi connectivity index (χ4v) is 4.04. The van der Waals surface area contributed by atoms with Gasteiger partial charge in [0, 0.05) is 17.1 Å². The van der Waals surface area contributed by atoms with Crippen LogP contribution in [-0.4, -0.2) is 34.3 Å². The summed E-state index contributed by atoms with van der Waals surface area (Å²) in [6, 6.07) is 7.56. The summed E-state index contributed by atoms with van der Waals surface area (Å²) in [5.41, 5.74) is 0.437. The predicted molar refractivity (Wildman–Crippen MR) is 100 cm³/mol. The van der Waals surface area contributed by atoms with Gasteiger partial charge in [-0.2, -0.15) is 0 Å². The second kappa shape index (κ2) is 7.03. The first-order chi connectivity index (χ1) is 11.7. The first-order valence-corrected chi connectivity index (χ1v) is 9.69. The Morgan fingerprint density at radius 1 is 1.36 bits per heavy atom.